The van der Waals surface area contributed by atoms with E-state index < -0.39 is 0 Å². The summed E-state index contributed by atoms with van der Waals surface area (Å²) in [5, 5.41) is 3.26. The van der Waals surface area contributed by atoms with Crippen LogP contribution in [0.5, 0.6) is 0 Å². The van der Waals surface area contributed by atoms with E-state index in [1.54, 1.807) is 0 Å². The lowest BCUT2D eigenvalue weighted by Crippen LogP contribution is -2.36. The molecule has 15 heavy (non-hydrogen) atoms. The van der Waals surface area contributed by atoms with E-state index in [-0.39, 0.29) is 5.91 Å². The van der Waals surface area contributed by atoms with E-state index in [0.717, 1.165) is 19.4 Å². The zero-order valence-corrected chi connectivity index (χ0v) is 9.83. The fourth-order valence-corrected chi connectivity index (χ4v) is 1.59. The first-order valence-electron chi connectivity index (χ1n) is 5.79. The maximum absolute atomic E-state index is 11.8. The predicted molar refractivity (Wildman–Crippen MR) is 62.7 cm³/mol. The average molecular weight is 210 g/mol. The van der Waals surface area contributed by atoms with Crippen molar-refractivity contribution in [3.8, 4) is 0 Å². The second-order valence-electron chi connectivity index (χ2n) is 4.42. The van der Waals surface area contributed by atoms with E-state index >= 15 is 0 Å². The Morgan fingerprint density at radius 1 is 1.60 bits per heavy atom. The summed E-state index contributed by atoms with van der Waals surface area (Å²) in [6.07, 6.45) is 4.74. The molecule has 1 saturated carbocycles. The standard InChI is InChI=1S/C12H22N2O/c1-4-9-14(11-5-6-11)12(15)7-8-13-10(2)3/h4,10-11,13H,1,5-9H2,2-3H3. The first kappa shape index (κ1) is 12.2. The number of carbonyl (C=O) groups is 1. The monoisotopic (exact) mass is 210 g/mol. The minimum atomic E-state index is 0.255. The van der Waals surface area contributed by atoms with Crippen molar-refractivity contribution in [2.75, 3.05) is 13.1 Å². The van der Waals surface area contributed by atoms with Gasteiger partial charge in [0.05, 0.1) is 0 Å². The lowest BCUT2D eigenvalue weighted by Gasteiger charge is -2.21. The molecule has 0 unspecified atom stereocenters. The summed E-state index contributed by atoms with van der Waals surface area (Å²) < 4.78 is 0. The van der Waals surface area contributed by atoms with Crippen LogP contribution in [0.15, 0.2) is 12.7 Å². The van der Waals surface area contributed by atoms with E-state index in [1.807, 2.05) is 11.0 Å². The fourth-order valence-electron chi connectivity index (χ4n) is 1.59. The van der Waals surface area contributed by atoms with Crippen LogP contribution in [0.4, 0.5) is 0 Å². The lowest BCUT2D eigenvalue weighted by molar-refractivity contribution is -0.131. The van der Waals surface area contributed by atoms with Gasteiger partial charge < -0.3 is 10.2 Å². The first-order valence-corrected chi connectivity index (χ1v) is 5.79. The zero-order chi connectivity index (χ0) is 11.3. The van der Waals surface area contributed by atoms with Gasteiger partial charge in [-0.1, -0.05) is 19.9 Å². The van der Waals surface area contributed by atoms with Gasteiger partial charge in [0.25, 0.3) is 0 Å². The molecule has 3 nitrogen and oxygen atoms in total. The smallest absolute Gasteiger partial charge is 0.224 e. The van der Waals surface area contributed by atoms with Gasteiger partial charge in [-0.25, -0.2) is 0 Å². The number of amides is 1. The van der Waals surface area contributed by atoms with Gasteiger partial charge in [-0.2, -0.15) is 0 Å². The van der Waals surface area contributed by atoms with Crippen molar-refractivity contribution in [3.05, 3.63) is 12.7 Å². The second-order valence-corrected chi connectivity index (χ2v) is 4.42. The highest BCUT2D eigenvalue weighted by Gasteiger charge is 2.31. The Bertz CT molecular complexity index is 222. The van der Waals surface area contributed by atoms with Gasteiger partial charge in [0.15, 0.2) is 0 Å². The molecule has 0 bridgehead atoms. The number of hydrogen-bond acceptors (Lipinski definition) is 2. The summed E-state index contributed by atoms with van der Waals surface area (Å²) in [7, 11) is 0. The molecule has 1 aliphatic carbocycles. The molecule has 0 aromatic heterocycles. The molecule has 1 aliphatic rings. The van der Waals surface area contributed by atoms with E-state index in [4.69, 9.17) is 0 Å². The van der Waals surface area contributed by atoms with Crippen LogP contribution >= 0.6 is 0 Å². The molecular formula is C12H22N2O. The Hall–Kier alpha value is -0.830. The molecule has 1 N–H and O–H groups in total. The molecule has 0 aromatic rings. The van der Waals surface area contributed by atoms with Gasteiger partial charge in [0.2, 0.25) is 5.91 Å². The third-order valence-corrected chi connectivity index (χ3v) is 2.53. The molecule has 1 fully saturated rings. The zero-order valence-electron chi connectivity index (χ0n) is 9.83. The van der Waals surface area contributed by atoms with Crippen LogP contribution in [0.2, 0.25) is 0 Å². The molecule has 0 spiro atoms. The Labute approximate surface area is 92.5 Å². The van der Waals surface area contributed by atoms with Crippen molar-refractivity contribution in [2.24, 2.45) is 0 Å². The van der Waals surface area contributed by atoms with Crippen molar-refractivity contribution < 1.29 is 4.79 Å². The summed E-state index contributed by atoms with van der Waals surface area (Å²) in [4.78, 5) is 13.8. The van der Waals surface area contributed by atoms with Gasteiger partial charge in [0.1, 0.15) is 0 Å². The topological polar surface area (TPSA) is 32.3 Å². The van der Waals surface area contributed by atoms with Crippen LogP contribution in [-0.2, 0) is 4.79 Å². The highest BCUT2D eigenvalue weighted by Crippen LogP contribution is 2.27. The number of rotatable bonds is 7. The van der Waals surface area contributed by atoms with Crippen LogP contribution in [-0.4, -0.2) is 36.0 Å². The Balaban J connectivity index is 2.26. The third-order valence-electron chi connectivity index (χ3n) is 2.53. The number of nitrogens with zero attached hydrogens (tertiary/aromatic N) is 1. The number of carbonyl (C=O) groups excluding carboxylic acids is 1. The Kier molecular flexibility index (Phi) is 4.82. The molecule has 3 heteroatoms. The summed E-state index contributed by atoms with van der Waals surface area (Å²) in [5.74, 6) is 0.255. The Morgan fingerprint density at radius 2 is 2.27 bits per heavy atom. The summed E-state index contributed by atoms with van der Waals surface area (Å²) in [6, 6.07) is 0.945. The summed E-state index contributed by atoms with van der Waals surface area (Å²) in [5.41, 5.74) is 0. The first-order chi connectivity index (χ1) is 7.15. The number of hydrogen-bond donors (Lipinski definition) is 1. The maximum atomic E-state index is 11.8. The minimum absolute atomic E-state index is 0.255. The van der Waals surface area contributed by atoms with Crippen LogP contribution in [0.1, 0.15) is 33.1 Å². The summed E-state index contributed by atoms with van der Waals surface area (Å²) >= 11 is 0. The van der Waals surface area contributed by atoms with E-state index in [9.17, 15) is 4.79 Å². The maximum Gasteiger partial charge on any atom is 0.224 e. The minimum Gasteiger partial charge on any atom is -0.336 e. The molecule has 0 atom stereocenters. The largest absolute Gasteiger partial charge is 0.336 e. The molecule has 1 rings (SSSR count). The van der Waals surface area contributed by atoms with Gasteiger partial charge in [-0.15, -0.1) is 6.58 Å². The molecule has 1 amide bonds. The van der Waals surface area contributed by atoms with Crippen molar-refractivity contribution in [2.45, 2.75) is 45.2 Å². The van der Waals surface area contributed by atoms with E-state index in [2.05, 4.69) is 25.7 Å². The molecule has 0 aliphatic heterocycles. The lowest BCUT2D eigenvalue weighted by atomic mass is 10.3. The molecule has 0 saturated heterocycles. The second kappa shape index (κ2) is 5.91. The van der Waals surface area contributed by atoms with Crippen molar-refractivity contribution in [1.82, 2.24) is 10.2 Å². The van der Waals surface area contributed by atoms with Gasteiger partial charge in [0, 0.05) is 31.6 Å². The summed E-state index contributed by atoms with van der Waals surface area (Å²) in [6.45, 7) is 9.35. The predicted octanol–water partition coefficient (Wildman–Crippen LogP) is 1.55. The van der Waals surface area contributed by atoms with E-state index in [0.29, 0.717) is 25.0 Å². The number of nitrogens with one attached hydrogen (secondary N) is 1. The normalized spacial score (nSPS) is 15.4. The molecule has 0 heterocycles. The highest BCUT2D eigenvalue weighted by atomic mass is 16.2. The van der Waals surface area contributed by atoms with Crippen molar-refractivity contribution >= 4 is 5.91 Å². The van der Waals surface area contributed by atoms with Crippen LogP contribution < -0.4 is 5.32 Å². The van der Waals surface area contributed by atoms with Crippen LogP contribution in [0.3, 0.4) is 0 Å². The van der Waals surface area contributed by atoms with Gasteiger partial charge in [-0.3, -0.25) is 4.79 Å². The molecule has 86 valence electrons. The van der Waals surface area contributed by atoms with Crippen molar-refractivity contribution in [1.29, 1.82) is 0 Å². The van der Waals surface area contributed by atoms with Crippen LogP contribution in [0, 0.1) is 0 Å². The van der Waals surface area contributed by atoms with Gasteiger partial charge >= 0.3 is 0 Å². The van der Waals surface area contributed by atoms with Gasteiger partial charge in [-0.05, 0) is 12.8 Å². The SMILES string of the molecule is C=CCN(C(=O)CCNC(C)C)C1CC1. The molecule has 0 radical (unpaired) electrons. The van der Waals surface area contributed by atoms with Crippen molar-refractivity contribution in [3.63, 3.8) is 0 Å². The highest BCUT2D eigenvalue weighted by molar-refractivity contribution is 5.77. The Morgan fingerprint density at radius 3 is 2.73 bits per heavy atom. The molecule has 0 aromatic carbocycles. The fraction of sp³-hybridized carbons (Fsp3) is 0.750. The molecular weight excluding hydrogens is 188 g/mol. The average Bonchev–Trinajstić information content (AvgIpc) is 2.96. The van der Waals surface area contributed by atoms with E-state index in [1.165, 1.54) is 0 Å². The quantitative estimate of drug-likeness (QED) is 0.647. The van der Waals surface area contributed by atoms with Crippen LogP contribution in [0.25, 0.3) is 0 Å². The third kappa shape index (κ3) is 4.47.